The molecule has 8 nitrogen and oxygen atoms in total. The van der Waals surface area contributed by atoms with Crippen LogP contribution >= 0.6 is 0 Å². The smallest absolute Gasteiger partial charge is 0.308 e. The zero-order chi connectivity index (χ0) is 35.1. The molecule has 1 unspecified atom stereocenters. The Morgan fingerprint density at radius 3 is 2.21 bits per heavy atom. The molecule has 48 heavy (non-hydrogen) atoms. The number of hydrogen-bond donors (Lipinski definition) is 2. The van der Waals surface area contributed by atoms with Gasteiger partial charge in [-0.25, -0.2) is 8.78 Å². The van der Waals surface area contributed by atoms with Crippen molar-refractivity contribution < 1.29 is 46.2 Å². The van der Waals surface area contributed by atoms with E-state index in [2.05, 4.69) is 31.4 Å². The number of carbonyl (C=O) groups is 3. The highest BCUT2D eigenvalue weighted by molar-refractivity contribution is 5.94. The molecule has 12 heteroatoms. The molecule has 258 valence electrons. The topological polar surface area (TPSA) is 103 Å². The van der Waals surface area contributed by atoms with Gasteiger partial charge in [0, 0.05) is 18.2 Å². The number of amides is 1. The Labute approximate surface area is 277 Å². The van der Waals surface area contributed by atoms with Gasteiger partial charge in [0.15, 0.2) is 23.2 Å². The lowest BCUT2D eigenvalue weighted by molar-refractivity contribution is -0.148. The Bertz CT molecular complexity index is 1580. The monoisotopic (exact) mass is 672 g/mol. The third-order valence-electron chi connectivity index (χ3n) is 8.03. The second-order valence-corrected chi connectivity index (χ2v) is 12.8. The van der Waals surface area contributed by atoms with Gasteiger partial charge in [-0.15, -0.1) is 0 Å². The molecule has 4 rings (SSSR count). The van der Waals surface area contributed by atoms with Gasteiger partial charge in [-0.3, -0.25) is 19.7 Å². The minimum atomic E-state index is -1.84. The summed E-state index contributed by atoms with van der Waals surface area (Å²) in [6.07, 6.45) is 1.55. The Hall–Kier alpha value is -4.29. The van der Waals surface area contributed by atoms with Crippen LogP contribution in [0.3, 0.4) is 0 Å². The van der Waals surface area contributed by atoms with Crippen molar-refractivity contribution in [1.82, 2.24) is 10.6 Å². The van der Waals surface area contributed by atoms with E-state index >= 15 is 0 Å². The van der Waals surface area contributed by atoms with Crippen molar-refractivity contribution in [3.05, 3.63) is 101 Å². The average molecular weight is 673 g/mol. The molecule has 0 radical (unpaired) electrons. The lowest BCUT2D eigenvalue weighted by Crippen LogP contribution is -2.58. The predicted octanol–water partition coefficient (Wildman–Crippen LogP) is 6.14. The average Bonchev–Trinajstić information content (AvgIpc) is 3.06. The molecule has 1 aliphatic rings. The van der Waals surface area contributed by atoms with E-state index in [0.717, 1.165) is 24.0 Å². The van der Waals surface area contributed by atoms with Crippen LogP contribution in [0.2, 0.25) is 0 Å². The molecular formula is C36H40F4N2O6. The number of ether oxygens (including phenoxy) is 3. The van der Waals surface area contributed by atoms with Gasteiger partial charge in [0.05, 0.1) is 12.5 Å². The van der Waals surface area contributed by atoms with Crippen LogP contribution in [-0.2, 0) is 41.6 Å². The number of halogens is 4. The molecule has 0 bridgehead atoms. The van der Waals surface area contributed by atoms with Crippen LogP contribution in [0.5, 0.6) is 5.75 Å². The fourth-order valence-electron chi connectivity index (χ4n) is 5.53. The van der Waals surface area contributed by atoms with Crippen molar-refractivity contribution in [2.45, 2.75) is 83.2 Å². The first kappa shape index (κ1) is 36.5. The van der Waals surface area contributed by atoms with Crippen LogP contribution in [0.15, 0.2) is 60.7 Å². The van der Waals surface area contributed by atoms with Crippen molar-refractivity contribution in [2.75, 3.05) is 13.2 Å². The van der Waals surface area contributed by atoms with E-state index in [1.807, 2.05) is 24.3 Å². The molecule has 0 saturated carbocycles. The number of nitrogens with one attached hydrogen (secondary N) is 2. The highest BCUT2D eigenvalue weighted by Crippen LogP contribution is 2.39. The number of ketones is 1. The van der Waals surface area contributed by atoms with E-state index < -0.39 is 77.5 Å². The minimum absolute atomic E-state index is 0.00218. The number of benzene rings is 3. The number of hydrogen-bond acceptors (Lipinski definition) is 7. The van der Waals surface area contributed by atoms with Gasteiger partial charge in [-0.05, 0) is 42.7 Å². The van der Waals surface area contributed by atoms with Crippen molar-refractivity contribution in [3.63, 3.8) is 0 Å². The van der Waals surface area contributed by atoms with Crippen LogP contribution in [0.25, 0.3) is 0 Å². The summed E-state index contributed by atoms with van der Waals surface area (Å²) in [7, 11) is 0. The second kappa shape index (κ2) is 15.7. The normalized spacial score (nSPS) is 17.7. The van der Waals surface area contributed by atoms with Crippen LogP contribution in [0, 0.1) is 23.3 Å². The summed E-state index contributed by atoms with van der Waals surface area (Å²) in [6.45, 7) is 6.99. The maximum atomic E-state index is 14.2. The van der Waals surface area contributed by atoms with Gasteiger partial charge in [-0.2, -0.15) is 8.78 Å². The lowest BCUT2D eigenvalue weighted by atomic mass is 9.79. The number of esters is 1. The van der Waals surface area contributed by atoms with E-state index in [1.54, 1.807) is 37.3 Å². The van der Waals surface area contributed by atoms with Gasteiger partial charge in [-0.1, -0.05) is 75.4 Å². The Morgan fingerprint density at radius 1 is 0.938 bits per heavy atom. The first-order valence-electron chi connectivity index (χ1n) is 15.7. The molecule has 1 saturated heterocycles. The summed E-state index contributed by atoms with van der Waals surface area (Å²) in [5, 5.41) is 5.83. The number of rotatable bonds is 13. The third-order valence-corrected chi connectivity index (χ3v) is 8.03. The first-order valence-corrected chi connectivity index (χ1v) is 15.7. The Kier molecular flexibility index (Phi) is 12.0. The van der Waals surface area contributed by atoms with Gasteiger partial charge in [0.25, 0.3) is 0 Å². The predicted molar refractivity (Wildman–Crippen MR) is 169 cm³/mol. The summed E-state index contributed by atoms with van der Waals surface area (Å²) in [4.78, 5) is 39.7. The number of carbonyl (C=O) groups excluding carboxylic acids is 3. The van der Waals surface area contributed by atoms with E-state index in [9.17, 15) is 31.9 Å². The fraction of sp³-hybridized carbons (Fsp3) is 0.417. The van der Waals surface area contributed by atoms with Crippen LogP contribution in [-0.4, -0.2) is 43.0 Å². The largest absolute Gasteiger partial charge is 0.479 e. The zero-order valence-electron chi connectivity index (χ0n) is 27.3. The van der Waals surface area contributed by atoms with Crippen LogP contribution in [0.1, 0.15) is 70.1 Å². The van der Waals surface area contributed by atoms with Crippen molar-refractivity contribution >= 4 is 17.7 Å². The first-order chi connectivity index (χ1) is 22.7. The van der Waals surface area contributed by atoms with Gasteiger partial charge < -0.3 is 19.5 Å². The highest BCUT2D eigenvalue weighted by atomic mass is 19.2. The van der Waals surface area contributed by atoms with E-state index in [-0.39, 0.29) is 18.1 Å². The van der Waals surface area contributed by atoms with Crippen molar-refractivity contribution in [3.8, 4) is 5.75 Å². The molecule has 0 spiro atoms. The maximum Gasteiger partial charge on any atom is 0.308 e. The van der Waals surface area contributed by atoms with Gasteiger partial charge in [0.1, 0.15) is 25.0 Å². The molecule has 1 amide bonds. The van der Waals surface area contributed by atoms with E-state index in [4.69, 9.17) is 14.2 Å². The summed E-state index contributed by atoms with van der Waals surface area (Å²) in [5.41, 5.74) is 1.28. The molecular weight excluding hydrogens is 632 g/mol. The fourth-order valence-corrected chi connectivity index (χ4v) is 5.53. The molecule has 1 aliphatic heterocycles. The Morgan fingerprint density at radius 2 is 1.58 bits per heavy atom. The molecule has 0 aromatic heterocycles. The molecule has 3 aromatic carbocycles. The molecule has 3 atom stereocenters. The lowest BCUT2D eigenvalue weighted by Gasteiger charge is -2.43. The molecule has 2 N–H and O–H groups in total. The SMILES string of the molecule is C[C@H](NC1(c2ccccc2C(C)(C)C)CCCCO1)C(=O)N[C@@H](CC(=O)OCc1ccccc1)C(=O)COc1c(F)c(F)cc(F)c1F. The van der Waals surface area contributed by atoms with E-state index in [0.29, 0.717) is 18.6 Å². The standard InChI is InChI=1S/C36H40F4N2O6/c1-22(42-36(16-10-11-17-48-36)25-15-9-8-14-24(25)35(2,3)4)34(45)41-28(19-30(44)46-20-23-12-6-5-7-13-23)29(43)21-47-33-31(39)26(37)18-27(38)32(33)40/h5-9,12-15,18,22,28,42H,10-11,16-17,19-21H2,1-4H3,(H,41,45)/t22-,28-,36?/m0/s1. The molecule has 1 fully saturated rings. The maximum absolute atomic E-state index is 14.2. The van der Waals surface area contributed by atoms with Gasteiger partial charge >= 0.3 is 5.97 Å². The second-order valence-electron chi connectivity index (χ2n) is 12.8. The number of Topliss-reactive ketones (excluding diaryl/α,β-unsaturated/α-hetero) is 1. The van der Waals surface area contributed by atoms with Crippen LogP contribution < -0.4 is 15.4 Å². The van der Waals surface area contributed by atoms with Crippen LogP contribution in [0.4, 0.5) is 17.6 Å². The highest BCUT2D eigenvalue weighted by Gasteiger charge is 2.41. The van der Waals surface area contributed by atoms with Crippen molar-refractivity contribution in [1.29, 1.82) is 0 Å². The minimum Gasteiger partial charge on any atom is -0.479 e. The summed E-state index contributed by atoms with van der Waals surface area (Å²) < 4.78 is 72.3. The van der Waals surface area contributed by atoms with Gasteiger partial charge in [0.2, 0.25) is 17.5 Å². The van der Waals surface area contributed by atoms with Crippen molar-refractivity contribution in [2.24, 2.45) is 0 Å². The summed E-state index contributed by atoms with van der Waals surface area (Å²) in [5.74, 6) is -11.1. The third kappa shape index (κ3) is 8.99. The Balaban J connectivity index is 1.54. The summed E-state index contributed by atoms with van der Waals surface area (Å²) >= 11 is 0. The molecule has 1 heterocycles. The molecule has 3 aromatic rings. The zero-order valence-corrected chi connectivity index (χ0v) is 27.3. The quantitative estimate of drug-likeness (QED) is 0.128. The summed E-state index contributed by atoms with van der Waals surface area (Å²) in [6, 6.07) is 13.9. The van der Waals surface area contributed by atoms with E-state index in [1.165, 1.54) is 0 Å². The molecule has 0 aliphatic carbocycles.